The molecule has 0 aliphatic heterocycles. The highest BCUT2D eigenvalue weighted by molar-refractivity contribution is 7.89. The highest BCUT2D eigenvalue weighted by atomic mass is 35.5. The largest absolute Gasteiger partial charge is 0.246 e. The molecule has 0 saturated heterocycles. The molecule has 3 nitrogen and oxygen atoms in total. The molecule has 0 aromatic heterocycles. The van der Waals surface area contributed by atoms with Crippen LogP contribution in [0.25, 0.3) is 0 Å². The van der Waals surface area contributed by atoms with E-state index in [4.69, 9.17) is 23.2 Å². The van der Waals surface area contributed by atoms with Crippen LogP contribution in [-0.2, 0) is 15.9 Å². The Kier molecular flexibility index (Phi) is 5.52. The summed E-state index contributed by atoms with van der Waals surface area (Å²) in [5, 5.41) is 0.172. The SMILES string of the molecule is CCN(CC1CCC1)S(=O)(=O)c1cc(Cl)cc(CCl)c1F. The van der Waals surface area contributed by atoms with E-state index in [2.05, 4.69) is 0 Å². The molecular weight excluding hydrogens is 336 g/mol. The Morgan fingerprint density at radius 1 is 1.38 bits per heavy atom. The van der Waals surface area contributed by atoms with E-state index < -0.39 is 15.8 Å². The fraction of sp³-hybridized carbons (Fsp3) is 0.571. The summed E-state index contributed by atoms with van der Waals surface area (Å²) in [6.07, 6.45) is 3.18. The van der Waals surface area contributed by atoms with Crippen LogP contribution in [0.3, 0.4) is 0 Å². The minimum absolute atomic E-state index is 0.0995. The molecule has 0 amide bonds. The first-order chi connectivity index (χ1) is 9.90. The van der Waals surface area contributed by atoms with Crippen molar-refractivity contribution in [1.29, 1.82) is 0 Å². The van der Waals surface area contributed by atoms with E-state index in [1.54, 1.807) is 6.92 Å². The van der Waals surface area contributed by atoms with Gasteiger partial charge in [0.2, 0.25) is 10.0 Å². The van der Waals surface area contributed by atoms with E-state index in [0.29, 0.717) is 19.0 Å². The first-order valence-electron chi connectivity index (χ1n) is 6.94. The van der Waals surface area contributed by atoms with Gasteiger partial charge in [-0.2, -0.15) is 4.31 Å². The van der Waals surface area contributed by atoms with Gasteiger partial charge in [0.1, 0.15) is 10.7 Å². The van der Waals surface area contributed by atoms with Gasteiger partial charge in [-0.3, -0.25) is 0 Å². The van der Waals surface area contributed by atoms with Crippen LogP contribution in [0, 0.1) is 11.7 Å². The van der Waals surface area contributed by atoms with Crippen molar-refractivity contribution in [2.75, 3.05) is 13.1 Å². The average Bonchev–Trinajstić information content (AvgIpc) is 2.39. The standard InChI is InChI=1S/C14H18Cl2FNO2S/c1-2-18(9-10-4-3-5-10)21(19,20)13-7-12(16)6-11(8-15)14(13)17/h6-7,10H,2-5,8-9H2,1H3. The minimum Gasteiger partial charge on any atom is -0.207 e. The Bertz CT molecular complexity index is 618. The summed E-state index contributed by atoms with van der Waals surface area (Å²) in [6, 6.07) is 2.51. The molecule has 21 heavy (non-hydrogen) atoms. The third-order valence-corrected chi connectivity index (χ3v) is 6.33. The quantitative estimate of drug-likeness (QED) is 0.724. The zero-order chi connectivity index (χ0) is 15.6. The summed E-state index contributed by atoms with van der Waals surface area (Å²) in [5.74, 6) is -0.556. The highest BCUT2D eigenvalue weighted by Crippen LogP contribution is 2.31. The van der Waals surface area contributed by atoms with E-state index in [1.807, 2.05) is 0 Å². The lowest BCUT2D eigenvalue weighted by Gasteiger charge is -2.31. The van der Waals surface area contributed by atoms with E-state index in [9.17, 15) is 12.8 Å². The normalized spacial score (nSPS) is 16.2. The Balaban J connectivity index is 2.39. The third kappa shape index (κ3) is 3.52. The van der Waals surface area contributed by atoms with Crippen molar-refractivity contribution in [2.24, 2.45) is 5.92 Å². The maximum absolute atomic E-state index is 14.3. The van der Waals surface area contributed by atoms with Gasteiger partial charge < -0.3 is 0 Å². The minimum atomic E-state index is -3.89. The number of halogens is 3. The predicted molar refractivity (Wildman–Crippen MR) is 82.7 cm³/mol. The summed E-state index contributed by atoms with van der Waals surface area (Å²) in [7, 11) is -3.89. The molecule has 7 heteroatoms. The van der Waals surface area contributed by atoms with Crippen LogP contribution in [0.5, 0.6) is 0 Å². The average molecular weight is 354 g/mol. The third-order valence-electron chi connectivity index (χ3n) is 3.88. The lowest BCUT2D eigenvalue weighted by atomic mass is 9.85. The summed E-state index contributed by atoms with van der Waals surface area (Å²) >= 11 is 11.5. The smallest absolute Gasteiger partial charge is 0.207 e. The van der Waals surface area contributed by atoms with Crippen LogP contribution in [0.4, 0.5) is 4.39 Å². The van der Waals surface area contributed by atoms with Crippen molar-refractivity contribution in [2.45, 2.75) is 37.0 Å². The molecule has 2 rings (SSSR count). The summed E-state index contributed by atoms with van der Waals surface area (Å²) in [4.78, 5) is -0.383. The van der Waals surface area contributed by atoms with Gasteiger partial charge in [0.05, 0.1) is 5.88 Å². The van der Waals surface area contributed by atoms with Crippen LogP contribution in [0.2, 0.25) is 5.02 Å². The molecule has 0 bridgehead atoms. The molecule has 1 aromatic carbocycles. The number of hydrogen-bond donors (Lipinski definition) is 0. The van der Waals surface area contributed by atoms with Crippen molar-refractivity contribution in [1.82, 2.24) is 4.31 Å². The number of benzene rings is 1. The van der Waals surface area contributed by atoms with Crippen molar-refractivity contribution < 1.29 is 12.8 Å². The lowest BCUT2D eigenvalue weighted by Crippen LogP contribution is -2.37. The molecular formula is C14H18Cl2FNO2S. The first kappa shape index (κ1) is 17.0. The van der Waals surface area contributed by atoms with E-state index in [-0.39, 0.29) is 21.4 Å². The number of rotatable bonds is 6. The zero-order valence-electron chi connectivity index (χ0n) is 11.8. The fourth-order valence-electron chi connectivity index (χ4n) is 2.40. The summed E-state index contributed by atoms with van der Waals surface area (Å²) in [6.45, 7) is 2.49. The number of sulfonamides is 1. The molecule has 118 valence electrons. The summed E-state index contributed by atoms with van der Waals surface area (Å²) in [5.41, 5.74) is 0.0995. The molecule has 0 heterocycles. The predicted octanol–water partition coefficient (Wildman–Crippen LogP) is 4.03. The molecule has 0 N–H and O–H groups in total. The Hall–Kier alpha value is -0.360. The number of alkyl halides is 1. The van der Waals surface area contributed by atoms with Crippen LogP contribution >= 0.6 is 23.2 Å². The molecule has 0 unspecified atom stereocenters. The van der Waals surface area contributed by atoms with E-state index >= 15 is 0 Å². The Morgan fingerprint density at radius 2 is 2.05 bits per heavy atom. The van der Waals surface area contributed by atoms with Crippen molar-refractivity contribution in [3.05, 3.63) is 28.5 Å². The van der Waals surface area contributed by atoms with Gasteiger partial charge in [-0.15, -0.1) is 11.6 Å². The highest BCUT2D eigenvalue weighted by Gasteiger charge is 2.31. The van der Waals surface area contributed by atoms with E-state index in [0.717, 1.165) is 25.3 Å². The van der Waals surface area contributed by atoms with Gasteiger partial charge in [-0.25, -0.2) is 12.8 Å². The van der Waals surface area contributed by atoms with Crippen LogP contribution in [0.15, 0.2) is 17.0 Å². The molecule has 1 aliphatic rings. The number of nitrogens with zero attached hydrogens (tertiary/aromatic N) is 1. The Morgan fingerprint density at radius 3 is 2.52 bits per heavy atom. The molecule has 1 aromatic rings. The van der Waals surface area contributed by atoms with Crippen molar-refractivity contribution in [3.8, 4) is 0 Å². The van der Waals surface area contributed by atoms with Gasteiger partial charge in [0.15, 0.2) is 0 Å². The van der Waals surface area contributed by atoms with Crippen LogP contribution < -0.4 is 0 Å². The van der Waals surface area contributed by atoms with Gasteiger partial charge in [-0.05, 0) is 30.9 Å². The first-order valence-corrected chi connectivity index (χ1v) is 9.29. The van der Waals surface area contributed by atoms with Crippen LogP contribution in [-0.4, -0.2) is 25.8 Å². The van der Waals surface area contributed by atoms with Crippen LogP contribution in [0.1, 0.15) is 31.7 Å². The van der Waals surface area contributed by atoms with Crippen molar-refractivity contribution >= 4 is 33.2 Å². The van der Waals surface area contributed by atoms with Gasteiger partial charge in [-0.1, -0.05) is 24.9 Å². The van der Waals surface area contributed by atoms with Crippen molar-refractivity contribution in [3.63, 3.8) is 0 Å². The van der Waals surface area contributed by atoms with Gasteiger partial charge in [0, 0.05) is 23.7 Å². The Labute approximate surface area is 135 Å². The molecule has 0 spiro atoms. The maximum Gasteiger partial charge on any atom is 0.246 e. The zero-order valence-corrected chi connectivity index (χ0v) is 14.1. The maximum atomic E-state index is 14.3. The molecule has 1 fully saturated rings. The molecule has 1 aliphatic carbocycles. The fourth-order valence-corrected chi connectivity index (χ4v) is 4.56. The monoisotopic (exact) mass is 353 g/mol. The second kappa shape index (κ2) is 6.82. The second-order valence-electron chi connectivity index (χ2n) is 5.26. The van der Waals surface area contributed by atoms with Gasteiger partial charge >= 0.3 is 0 Å². The lowest BCUT2D eigenvalue weighted by molar-refractivity contribution is 0.249. The number of hydrogen-bond acceptors (Lipinski definition) is 2. The van der Waals surface area contributed by atoms with E-state index in [1.165, 1.54) is 10.4 Å². The summed E-state index contributed by atoms with van der Waals surface area (Å²) < 4.78 is 41.0. The molecule has 0 atom stereocenters. The topological polar surface area (TPSA) is 37.4 Å². The van der Waals surface area contributed by atoms with Gasteiger partial charge in [0.25, 0.3) is 0 Å². The second-order valence-corrected chi connectivity index (χ2v) is 7.87. The molecule has 1 saturated carbocycles. The molecule has 0 radical (unpaired) electrons.